The molecular weight excluding hydrogens is 222 g/mol. The van der Waals surface area contributed by atoms with E-state index in [1.165, 1.54) is 0 Å². The van der Waals surface area contributed by atoms with Gasteiger partial charge in [0.1, 0.15) is 0 Å². The van der Waals surface area contributed by atoms with E-state index in [9.17, 15) is 9.59 Å². The van der Waals surface area contributed by atoms with Gasteiger partial charge >= 0.3 is 5.97 Å². The Morgan fingerprint density at radius 2 is 2.00 bits per heavy atom. The van der Waals surface area contributed by atoms with Crippen LogP contribution in [0.1, 0.15) is 39.5 Å². The van der Waals surface area contributed by atoms with Crippen LogP contribution < -0.4 is 5.32 Å². The number of carboxylic acids is 1. The van der Waals surface area contributed by atoms with Gasteiger partial charge in [-0.3, -0.25) is 9.59 Å². The molecule has 0 aliphatic carbocycles. The van der Waals surface area contributed by atoms with Crippen LogP contribution in [0, 0.1) is 5.92 Å². The molecule has 0 saturated heterocycles. The van der Waals surface area contributed by atoms with Gasteiger partial charge in [0.25, 0.3) is 0 Å². The third kappa shape index (κ3) is 11.2. The van der Waals surface area contributed by atoms with Gasteiger partial charge in [0, 0.05) is 26.0 Å². The Bertz CT molecular complexity index is 231. The molecule has 0 rings (SSSR count). The summed E-state index contributed by atoms with van der Waals surface area (Å²) in [6.07, 6.45) is 2.05. The summed E-state index contributed by atoms with van der Waals surface area (Å²) < 4.78 is 5.20. The van der Waals surface area contributed by atoms with E-state index >= 15 is 0 Å². The zero-order valence-electron chi connectivity index (χ0n) is 10.7. The third-order valence-electron chi connectivity index (χ3n) is 2.32. The second kappa shape index (κ2) is 10.1. The lowest BCUT2D eigenvalue weighted by Gasteiger charge is -2.11. The zero-order valence-corrected chi connectivity index (χ0v) is 10.7. The van der Waals surface area contributed by atoms with E-state index in [-0.39, 0.29) is 18.2 Å². The smallest absolute Gasteiger partial charge is 0.303 e. The molecule has 100 valence electrons. The van der Waals surface area contributed by atoms with Crippen molar-refractivity contribution in [2.45, 2.75) is 39.5 Å². The van der Waals surface area contributed by atoms with Crippen molar-refractivity contribution in [3.8, 4) is 0 Å². The largest absolute Gasteiger partial charge is 0.481 e. The molecular formula is C12H23NO4. The summed E-state index contributed by atoms with van der Waals surface area (Å²) in [7, 11) is 0. The van der Waals surface area contributed by atoms with Gasteiger partial charge in [-0.2, -0.15) is 0 Å². The van der Waals surface area contributed by atoms with Crippen LogP contribution >= 0.6 is 0 Å². The van der Waals surface area contributed by atoms with E-state index in [1.807, 2.05) is 13.8 Å². The Balaban J connectivity index is 3.45. The number of aliphatic carboxylic acids is 1. The van der Waals surface area contributed by atoms with E-state index in [0.717, 1.165) is 6.42 Å². The first-order valence-electron chi connectivity index (χ1n) is 6.12. The number of carboxylic acid groups (broad SMARTS) is 1. The average molecular weight is 245 g/mol. The number of ether oxygens (including phenoxy) is 1. The Morgan fingerprint density at radius 1 is 1.29 bits per heavy atom. The van der Waals surface area contributed by atoms with E-state index in [1.54, 1.807) is 0 Å². The number of carbonyl (C=O) groups excluding carboxylic acids is 1. The normalized spacial score (nSPS) is 12.1. The van der Waals surface area contributed by atoms with Gasteiger partial charge in [-0.1, -0.05) is 13.8 Å². The van der Waals surface area contributed by atoms with Crippen molar-refractivity contribution >= 4 is 11.9 Å². The first-order valence-corrected chi connectivity index (χ1v) is 6.12. The van der Waals surface area contributed by atoms with E-state index < -0.39 is 5.97 Å². The lowest BCUT2D eigenvalue weighted by atomic mass is 10.1. The summed E-state index contributed by atoms with van der Waals surface area (Å²) in [5, 5.41) is 11.3. The highest BCUT2D eigenvalue weighted by molar-refractivity contribution is 5.75. The molecule has 0 radical (unpaired) electrons. The van der Waals surface area contributed by atoms with Crippen molar-refractivity contribution in [2.75, 3.05) is 19.8 Å². The molecule has 0 aromatic carbocycles. The summed E-state index contributed by atoms with van der Waals surface area (Å²) in [5.41, 5.74) is 0. The molecule has 5 nitrogen and oxygen atoms in total. The van der Waals surface area contributed by atoms with E-state index in [2.05, 4.69) is 5.32 Å². The minimum Gasteiger partial charge on any atom is -0.481 e. The lowest BCUT2D eigenvalue weighted by molar-refractivity contribution is -0.137. The summed E-state index contributed by atoms with van der Waals surface area (Å²) in [4.78, 5) is 21.7. The standard InChI is InChI=1S/C12H23NO4/c1-3-7-17-8-6-11(14)13-9-10(2)4-5-12(15)16/h10H,3-9H2,1-2H3,(H,13,14)(H,15,16). The van der Waals surface area contributed by atoms with Crippen LogP contribution in [0.3, 0.4) is 0 Å². The Hall–Kier alpha value is -1.10. The fourth-order valence-corrected chi connectivity index (χ4v) is 1.26. The maximum absolute atomic E-state index is 11.3. The molecule has 1 unspecified atom stereocenters. The van der Waals surface area contributed by atoms with Gasteiger partial charge in [0.2, 0.25) is 5.91 Å². The van der Waals surface area contributed by atoms with Crippen LogP contribution in [0.25, 0.3) is 0 Å². The molecule has 1 amide bonds. The first kappa shape index (κ1) is 15.9. The molecule has 0 aliphatic rings. The Labute approximate surface area is 103 Å². The summed E-state index contributed by atoms with van der Waals surface area (Å²) in [6.45, 7) is 5.60. The maximum atomic E-state index is 11.3. The van der Waals surface area contributed by atoms with Gasteiger partial charge in [-0.25, -0.2) is 0 Å². The number of amides is 1. The SMILES string of the molecule is CCCOCCC(=O)NCC(C)CCC(=O)O. The molecule has 0 bridgehead atoms. The van der Waals surface area contributed by atoms with Crippen LogP contribution in [0.2, 0.25) is 0 Å². The van der Waals surface area contributed by atoms with Crippen molar-refractivity contribution in [2.24, 2.45) is 5.92 Å². The first-order chi connectivity index (χ1) is 8.06. The van der Waals surface area contributed by atoms with Gasteiger partial charge in [-0.15, -0.1) is 0 Å². The molecule has 0 aromatic heterocycles. The highest BCUT2D eigenvalue weighted by atomic mass is 16.5. The second-order valence-corrected chi connectivity index (χ2v) is 4.20. The predicted octanol–water partition coefficient (Wildman–Crippen LogP) is 1.42. The van der Waals surface area contributed by atoms with Crippen LogP contribution in [0.15, 0.2) is 0 Å². The van der Waals surface area contributed by atoms with E-state index in [0.29, 0.717) is 32.6 Å². The van der Waals surface area contributed by atoms with Crippen molar-refractivity contribution in [1.29, 1.82) is 0 Å². The van der Waals surface area contributed by atoms with Gasteiger partial charge < -0.3 is 15.2 Å². The fraction of sp³-hybridized carbons (Fsp3) is 0.833. The average Bonchev–Trinajstić information content (AvgIpc) is 2.29. The molecule has 0 aromatic rings. The zero-order chi connectivity index (χ0) is 13.1. The molecule has 0 fully saturated rings. The maximum Gasteiger partial charge on any atom is 0.303 e. The van der Waals surface area contributed by atoms with Crippen LogP contribution in [0.5, 0.6) is 0 Å². The number of hydrogen-bond donors (Lipinski definition) is 2. The summed E-state index contributed by atoms with van der Waals surface area (Å²) >= 11 is 0. The highest BCUT2D eigenvalue weighted by Crippen LogP contribution is 2.03. The Kier molecular flexibility index (Phi) is 9.43. The molecule has 5 heteroatoms. The summed E-state index contributed by atoms with van der Waals surface area (Å²) in [5.74, 6) is -0.647. The molecule has 2 N–H and O–H groups in total. The monoisotopic (exact) mass is 245 g/mol. The summed E-state index contributed by atoms with van der Waals surface area (Å²) in [6, 6.07) is 0. The van der Waals surface area contributed by atoms with Gasteiger partial charge in [-0.05, 0) is 18.8 Å². The van der Waals surface area contributed by atoms with Crippen LogP contribution in [-0.2, 0) is 14.3 Å². The van der Waals surface area contributed by atoms with Crippen molar-refractivity contribution < 1.29 is 19.4 Å². The minimum absolute atomic E-state index is 0.0386. The van der Waals surface area contributed by atoms with Crippen LogP contribution in [0.4, 0.5) is 0 Å². The van der Waals surface area contributed by atoms with Gasteiger partial charge in [0.15, 0.2) is 0 Å². The topological polar surface area (TPSA) is 75.6 Å². The van der Waals surface area contributed by atoms with Crippen molar-refractivity contribution in [1.82, 2.24) is 5.32 Å². The molecule has 1 atom stereocenters. The quantitative estimate of drug-likeness (QED) is 0.571. The number of nitrogens with one attached hydrogen (secondary N) is 1. The fourth-order valence-electron chi connectivity index (χ4n) is 1.26. The molecule has 0 spiro atoms. The number of rotatable bonds is 10. The van der Waals surface area contributed by atoms with Crippen LogP contribution in [-0.4, -0.2) is 36.7 Å². The third-order valence-corrected chi connectivity index (χ3v) is 2.32. The second-order valence-electron chi connectivity index (χ2n) is 4.20. The molecule has 0 aliphatic heterocycles. The Morgan fingerprint density at radius 3 is 2.59 bits per heavy atom. The van der Waals surface area contributed by atoms with Crippen molar-refractivity contribution in [3.63, 3.8) is 0 Å². The predicted molar refractivity (Wildman–Crippen MR) is 64.8 cm³/mol. The highest BCUT2D eigenvalue weighted by Gasteiger charge is 2.07. The van der Waals surface area contributed by atoms with E-state index in [4.69, 9.17) is 9.84 Å². The van der Waals surface area contributed by atoms with Crippen molar-refractivity contribution in [3.05, 3.63) is 0 Å². The minimum atomic E-state index is -0.795. The number of hydrogen-bond acceptors (Lipinski definition) is 3. The lowest BCUT2D eigenvalue weighted by Crippen LogP contribution is -2.29. The molecule has 17 heavy (non-hydrogen) atoms. The molecule has 0 heterocycles. The number of carbonyl (C=O) groups is 2. The van der Waals surface area contributed by atoms with Gasteiger partial charge in [0.05, 0.1) is 6.61 Å². The molecule has 0 saturated carbocycles.